The Hall–Kier alpha value is -1.73. The molecule has 0 saturated heterocycles. The largest absolute Gasteiger partial charge is 0.0820 e. The molecule has 4 aromatic rings. The van der Waals surface area contributed by atoms with Crippen LogP contribution in [-0.2, 0) is 0 Å². The van der Waals surface area contributed by atoms with Crippen LogP contribution in [0.2, 0.25) is 15.1 Å². The molecule has 0 amide bonds. The quantitative estimate of drug-likeness (QED) is 0.243. The van der Waals surface area contributed by atoms with Crippen LogP contribution in [0.1, 0.15) is 0 Å². The Balaban J connectivity index is 2.22. The van der Waals surface area contributed by atoms with Gasteiger partial charge in [-0.05, 0) is 33.9 Å². The molecule has 0 radical (unpaired) electrons. The normalized spacial score (nSPS) is 11.3. The number of hydrogen-bond acceptors (Lipinski definition) is 0. The minimum atomic E-state index is 0.398. The molecule has 0 heterocycles. The van der Waals surface area contributed by atoms with Crippen molar-refractivity contribution in [3.05, 3.63) is 81.8 Å². The fourth-order valence-corrected chi connectivity index (χ4v) is 3.76. The van der Waals surface area contributed by atoms with Crippen molar-refractivity contribution in [2.45, 2.75) is 0 Å². The van der Waals surface area contributed by atoms with E-state index in [0.717, 1.165) is 32.7 Å². The minimum Gasteiger partial charge on any atom is -0.0820 e. The highest BCUT2D eigenvalue weighted by Crippen LogP contribution is 2.46. The molecule has 0 N–H and O–H groups in total. The number of benzene rings is 4. The molecule has 112 valence electrons. The van der Waals surface area contributed by atoms with Crippen molar-refractivity contribution < 1.29 is 0 Å². The van der Waals surface area contributed by atoms with E-state index in [0.29, 0.717) is 15.1 Å². The summed E-state index contributed by atoms with van der Waals surface area (Å²) >= 11 is 19.4. The van der Waals surface area contributed by atoms with Crippen LogP contribution >= 0.6 is 34.8 Å². The van der Waals surface area contributed by atoms with Gasteiger partial charge in [-0.1, -0.05) is 89.4 Å². The molecule has 0 atom stereocenters. The molecule has 0 aliphatic carbocycles. The third kappa shape index (κ3) is 2.38. The van der Waals surface area contributed by atoms with Gasteiger partial charge in [0.1, 0.15) is 0 Å². The molecule has 4 aromatic carbocycles. The van der Waals surface area contributed by atoms with E-state index in [4.69, 9.17) is 34.8 Å². The molecule has 0 bridgehead atoms. The highest BCUT2D eigenvalue weighted by atomic mass is 35.5. The molecule has 0 unspecified atom stereocenters. The molecule has 4 rings (SSSR count). The van der Waals surface area contributed by atoms with Gasteiger partial charge in [-0.2, -0.15) is 0 Å². The summed E-state index contributed by atoms with van der Waals surface area (Å²) in [6.07, 6.45) is 0. The van der Waals surface area contributed by atoms with Crippen molar-refractivity contribution in [1.29, 1.82) is 0 Å². The minimum absolute atomic E-state index is 0.398. The van der Waals surface area contributed by atoms with Crippen LogP contribution in [0.5, 0.6) is 0 Å². The van der Waals surface area contributed by atoms with Crippen LogP contribution in [0.25, 0.3) is 32.7 Å². The van der Waals surface area contributed by atoms with E-state index in [1.165, 1.54) is 0 Å². The van der Waals surface area contributed by atoms with E-state index >= 15 is 0 Å². The van der Waals surface area contributed by atoms with Gasteiger partial charge in [-0.25, -0.2) is 0 Å². The third-order valence-electron chi connectivity index (χ3n) is 4.06. The van der Waals surface area contributed by atoms with Gasteiger partial charge in [-0.3, -0.25) is 0 Å². The number of fused-ring (bicyclic) bond motifs is 2. The molecular formula is C20H11Cl3. The molecule has 0 fully saturated rings. The first-order chi connectivity index (χ1) is 11.2. The SMILES string of the molecule is Clc1c(Cl)c(-c2ccccc2)c2cc3ccccc3cc2c1Cl. The summed E-state index contributed by atoms with van der Waals surface area (Å²) in [5.74, 6) is 0. The zero-order chi connectivity index (χ0) is 16.0. The molecule has 0 nitrogen and oxygen atoms in total. The van der Waals surface area contributed by atoms with Crippen molar-refractivity contribution >= 4 is 56.3 Å². The predicted octanol–water partition coefficient (Wildman–Crippen LogP) is 7.62. The third-order valence-corrected chi connectivity index (χ3v) is 5.40. The van der Waals surface area contributed by atoms with E-state index in [2.05, 4.69) is 24.3 Å². The van der Waals surface area contributed by atoms with E-state index in [-0.39, 0.29) is 0 Å². The number of rotatable bonds is 1. The van der Waals surface area contributed by atoms with E-state index in [1.807, 2.05) is 42.5 Å². The van der Waals surface area contributed by atoms with E-state index < -0.39 is 0 Å². The first kappa shape index (κ1) is 14.8. The number of hydrogen-bond donors (Lipinski definition) is 0. The van der Waals surface area contributed by atoms with Crippen molar-refractivity contribution in [3.8, 4) is 11.1 Å². The predicted molar refractivity (Wildman–Crippen MR) is 102 cm³/mol. The lowest BCUT2D eigenvalue weighted by atomic mass is 9.95. The number of halogens is 3. The summed E-state index contributed by atoms with van der Waals surface area (Å²) in [4.78, 5) is 0. The molecule has 0 aliphatic rings. The molecule has 0 saturated carbocycles. The lowest BCUT2D eigenvalue weighted by molar-refractivity contribution is 1.65. The smallest absolute Gasteiger partial charge is 0.0791 e. The Kier molecular flexibility index (Phi) is 3.69. The summed E-state index contributed by atoms with van der Waals surface area (Å²) in [5, 5.41) is 5.58. The lowest BCUT2D eigenvalue weighted by Crippen LogP contribution is -1.87. The van der Waals surface area contributed by atoms with Gasteiger partial charge in [-0.15, -0.1) is 0 Å². The Labute approximate surface area is 149 Å². The molecule has 0 spiro atoms. The summed E-state index contributed by atoms with van der Waals surface area (Å²) < 4.78 is 0. The zero-order valence-electron chi connectivity index (χ0n) is 12.0. The highest BCUT2D eigenvalue weighted by Gasteiger charge is 2.17. The van der Waals surface area contributed by atoms with Crippen LogP contribution in [0.4, 0.5) is 0 Å². The zero-order valence-corrected chi connectivity index (χ0v) is 14.3. The standard InChI is InChI=1S/C20H11Cl3/c21-18-16-11-14-9-5-4-8-13(14)10-15(16)17(19(22)20(18)23)12-6-2-1-3-7-12/h1-11H. The van der Waals surface area contributed by atoms with Gasteiger partial charge < -0.3 is 0 Å². The van der Waals surface area contributed by atoms with Gasteiger partial charge in [0, 0.05) is 10.9 Å². The Bertz CT molecular complexity index is 1040. The summed E-state index contributed by atoms with van der Waals surface area (Å²) in [7, 11) is 0. The summed E-state index contributed by atoms with van der Waals surface area (Å²) in [6.45, 7) is 0. The van der Waals surface area contributed by atoms with Crippen LogP contribution in [0, 0.1) is 0 Å². The fraction of sp³-hybridized carbons (Fsp3) is 0. The average molecular weight is 358 g/mol. The van der Waals surface area contributed by atoms with Crippen molar-refractivity contribution in [3.63, 3.8) is 0 Å². The van der Waals surface area contributed by atoms with Crippen LogP contribution in [0.3, 0.4) is 0 Å². The molecule has 0 aliphatic heterocycles. The van der Waals surface area contributed by atoms with E-state index in [9.17, 15) is 0 Å². The summed E-state index contributed by atoms with van der Waals surface area (Å²) in [6, 6.07) is 22.4. The van der Waals surface area contributed by atoms with Gasteiger partial charge in [0.05, 0.1) is 15.1 Å². The summed E-state index contributed by atoms with van der Waals surface area (Å²) in [5.41, 5.74) is 1.94. The van der Waals surface area contributed by atoms with Gasteiger partial charge in [0.2, 0.25) is 0 Å². The fourth-order valence-electron chi connectivity index (χ4n) is 2.96. The van der Waals surface area contributed by atoms with Crippen LogP contribution in [0.15, 0.2) is 66.7 Å². The second-order valence-corrected chi connectivity index (χ2v) is 6.56. The Morgan fingerprint density at radius 2 is 1.09 bits per heavy atom. The van der Waals surface area contributed by atoms with Gasteiger partial charge >= 0.3 is 0 Å². The van der Waals surface area contributed by atoms with E-state index in [1.54, 1.807) is 0 Å². The maximum absolute atomic E-state index is 6.55. The molecule has 0 aromatic heterocycles. The van der Waals surface area contributed by atoms with Crippen LogP contribution in [-0.4, -0.2) is 0 Å². The maximum atomic E-state index is 6.55. The van der Waals surface area contributed by atoms with Gasteiger partial charge in [0.25, 0.3) is 0 Å². The first-order valence-electron chi connectivity index (χ1n) is 7.21. The van der Waals surface area contributed by atoms with Crippen molar-refractivity contribution in [1.82, 2.24) is 0 Å². The average Bonchev–Trinajstić information content (AvgIpc) is 2.60. The lowest BCUT2D eigenvalue weighted by Gasteiger charge is -2.14. The van der Waals surface area contributed by atoms with Gasteiger partial charge in [0.15, 0.2) is 0 Å². The van der Waals surface area contributed by atoms with Crippen molar-refractivity contribution in [2.75, 3.05) is 0 Å². The molecule has 3 heteroatoms. The van der Waals surface area contributed by atoms with Crippen LogP contribution < -0.4 is 0 Å². The first-order valence-corrected chi connectivity index (χ1v) is 8.34. The Morgan fingerprint density at radius 1 is 0.522 bits per heavy atom. The topological polar surface area (TPSA) is 0 Å². The highest BCUT2D eigenvalue weighted by molar-refractivity contribution is 6.52. The molecular weight excluding hydrogens is 347 g/mol. The molecule has 23 heavy (non-hydrogen) atoms. The van der Waals surface area contributed by atoms with Crippen molar-refractivity contribution in [2.24, 2.45) is 0 Å². The monoisotopic (exact) mass is 356 g/mol. The maximum Gasteiger partial charge on any atom is 0.0791 e. The second kappa shape index (κ2) is 5.72. The Morgan fingerprint density at radius 3 is 1.74 bits per heavy atom. The second-order valence-electron chi connectivity index (χ2n) is 5.43.